The van der Waals surface area contributed by atoms with Crippen molar-refractivity contribution in [2.45, 2.75) is 70.0 Å². The molecule has 0 unspecified atom stereocenters. The van der Waals surface area contributed by atoms with Gasteiger partial charge in [-0.15, -0.1) is 0 Å². The van der Waals surface area contributed by atoms with Crippen LogP contribution in [-0.4, -0.2) is 28.7 Å². The van der Waals surface area contributed by atoms with Crippen molar-refractivity contribution < 1.29 is 15.0 Å². The van der Waals surface area contributed by atoms with Gasteiger partial charge in [-0.25, -0.2) is 0 Å². The largest absolute Gasteiger partial charge is 0.393 e. The van der Waals surface area contributed by atoms with Gasteiger partial charge >= 0.3 is 0 Å². The van der Waals surface area contributed by atoms with Crippen LogP contribution in [0.15, 0.2) is 36.4 Å². The zero-order valence-corrected chi connectivity index (χ0v) is 16.2. The molecule has 1 aromatic carbocycles. The average molecular weight is 379 g/mol. The van der Waals surface area contributed by atoms with Crippen LogP contribution in [0, 0.1) is 11.8 Å². The van der Waals surface area contributed by atoms with E-state index in [1.54, 1.807) is 0 Å². The lowest BCUT2D eigenvalue weighted by Crippen LogP contribution is -2.18. The van der Waals surface area contributed by atoms with Crippen LogP contribution >= 0.6 is 11.6 Å². The van der Waals surface area contributed by atoms with Gasteiger partial charge in [-0.2, -0.15) is 0 Å². The molecule has 1 aliphatic rings. The lowest BCUT2D eigenvalue weighted by atomic mass is 9.88. The van der Waals surface area contributed by atoms with E-state index in [1.165, 1.54) is 0 Å². The Morgan fingerprint density at radius 1 is 1.12 bits per heavy atom. The first-order chi connectivity index (χ1) is 12.6. The predicted octanol–water partition coefficient (Wildman–Crippen LogP) is 4.73. The van der Waals surface area contributed by atoms with Gasteiger partial charge in [-0.1, -0.05) is 55.1 Å². The molecule has 144 valence electrons. The second-order valence-electron chi connectivity index (χ2n) is 7.41. The monoisotopic (exact) mass is 378 g/mol. The number of halogens is 1. The molecule has 1 aromatic rings. The summed E-state index contributed by atoms with van der Waals surface area (Å²) in [6.07, 6.45) is 12.6. The number of allylic oxidation sites excluding steroid dienone is 1. The maximum atomic E-state index is 10.3. The highest BCUT2D eigenvalue weighted by Gasteiger charge is 2.32. The summed E-state index contributed by atoms with van der Waals surface area (Å²) in [7, 11) is 0. The smallest absolute Gasteiger partial charge is 0.119 e. The van der Waals surface area contributed by atoms with Crippen LogP contribution in [0.1, 0.15) is 56.9 Å². The predicted molar refractivity (Wildman–Crippen MR) is 106 cm³/mol. The third-order valence-electron chi connectivity index (χ3n) is 5.39. The second kappa shape index (κ2) is 11.5. The number of unbranched alkanes of at least 4 members (excludes halogenated alkanes) is 4. The Balaban J connectivity index is 1.77. The van der Waals surface area contributed by atoms with Gasteiger partial charge in [-0.05, 0) is 55.2 Å². The fourth-order valence-electron chi connectivity index (χ4n) is 3.88. The molecule has 4 atom stereocenters. The second-order valence-corrected chi connectivity index (χ2v) is 7.85. The molecular formula is C22H31ClO3. The summed E-state index contributed by atoms with van der Waals surface area (Å²) in [4.78, 5) is 10.3. The maximum absolute atomic E-state index is 10.3. The van der Waals surface area contributed by atoms with E-state index in [9.17, 15) is 15.0 Å². The van der Waals surface area contributed by atoms with Gasteiger partial charge in [0, 0.05) is 17.9 Å². The number of hydrogen-bond donors (Lipinski definition) is 2. The van der Waals surface area contributed by atoms with Crippen molar-refractivity contribution in [3.05, 3.63) is 47.0 Å². The van der Waals surface area contributed by atoms with Crippen LogP contribution < -0.4 is 0 Å². The van der Waals surface area contributed by atoms with Crippen LogP contribution in [0.25, 0.3) is 0 Å². The highest BCUT2D eigenvalue weighted by molar-refractivity contribution is 6.30. The van der Waals surface area contributed by atoms with E-state index in [-0.39, 0.29) is 6.10 Å². The van der Waals surface area contributed by atoms with Crippen molar-refractivity contribution >= 4 is 17.9 Å². The number of benzene rings is 1. The van der Waals surface area contributed by atoms with Crippen LogP contribution in [-0.2, 0) is 11.2 Å². The maximum Gasteiger partial charge on any atom is 0.119 e. The lowest BCUT2D eigenvalue weighted by Gasteiger charge is -2.20. The summed E-state index contributed by atoms with van der Waals surface area (Å²) in [6, 6.07) is 7.55. The minimum absolute atomic E-state index is 0.229. The summed E-state index contributed by atoms with van der Waals surface area (Å²) in [5, 5.41) is 21.2. The first kappa shape index (κ1) is 21.1. The van der Waals surface area contributed by atoms with E-state index in [0.29, 0.717) is 29.7 Å². The molecule has 0 saturated heterocycles. The quantitative estimate of drug-likeness (QED) is 0.332. The third-order valence-corrected chi connectivity index (χ3v) is 5.64. The zero-order valence-electron chi connectivity index (χ0n) is 15.4. The number of carbonyl (C=O) groups excluding carboxylic acids is 1. The first-order valence-electron chi connectivity index (χ1n) is 9.82. The Kier molecular flexibility index (Phi) is 9.38. The molecule has 2 rings (SSSR count). The van der Waals surface area contributed by atoms with E-state index in [4.69, 9.17) is 11.6 Å². The third kappa shape index (κ3) is 7.22. The number of aliphatic hydroxyl groups excluding tert-OH is 2. The van der Waals surface area contributed by atoms with Gasteiger partial charge in [-0.3, -0.25) is 0 Å². The molecule has 1 saturated carbocycles. The van der Waals surface area contributed by atoms with E-state index in [1.807, 2.05) is 30.3 Å². The normalized spacial score (nSPS) is 24.2. The average Bonchev–Trinajstić information content (AvgIpc) is 2.98. The number of hydrogen-bond acceptors (Lipinski definition) is 3. The van der Waals surface area contributed by atoms with Crippen LogP contribution in [0.5, 0.6) is 0 Å². The minimum atomic E-state index is -0.516. The first-order valence-corrected chi connectivity index (χ1v) is 10.2. The van der Waals surface area contributed by atoms with Crippen molar-refractivity contribution in [1.82, 2.24) is 0 Å². The Hall–Kier alpha value is -1.16. The van der Waals surface area contributed by atoms with Gasteiger partial charge in [0.1, 0.15) is 6.29 Å². The summed E-state index contributed by atoms with van der Waals surface area (Å²) < 4.78 is 0. The molecule has 2 N–H and O–H groups in total. The van der Waals surface area contributed by atoms with Crippen LogP contribution in [0.2, 0.25) is 5.02 Å². The molecule has 0 amide bonds. The Morgan fingerprint density at radius 2 is 1.85 bits per heavy atom. The number of aldehydes is 1. The summed E-state index contributed by atoms with van der Waals surface area (Å²) >= 11 is 5.89. The molecule has 0 radical (unpaired) electrons. The highest BCUT2D eigenvalue weighted by Crippen LogP contribution is 2.36. The molecular weight excluding hydrogens is 348 g/mol. The molecule has 4 heteroatoms. The lowest BCUT2D eigenvalue weighted by molar-refractivity contribution is -0.107. The molecule has 0 heterocycles. The molecule has 3 nitrogen and oxygen atoms in total. The fraction of sp³-hybridized carbons (Fsp3) is 0.591. The van der Waals surface area contributed by atoms with E-state index in [2.05, 4.69) is 6.08 Å². The highest BCUT2D eigenvalue weighted by atomic mass is 35.5. The van der Waals surface area contributed by atoms with Crippen molar-refractivity contribution in [2.24, 2.45) is 11.8 Å². The Labute approximate surface area is 162 Å². The molecule has 1 fully saturated rings. The number of carbonyl (C=O) groups is 1. The van der Waals surface area contributed by atoms with Gasteiger partial charge in [0.25, 0.3) is 0 Å². The van der Waals surface area contributed by atoms with E-state index >= 15 is 0 Å². The van der Waals surface area contributed by atoms with E-state index in [0.717, 1.165) is 56.8 Å². The van der Waals surface area contributed by atoms with Crippen LogP contribution in [0.3, 0.4) is 0 Å². The molecule has 0 spiro atoms. The van der Waals surface area contributed by atoms with Crippen LogP contribution in [0.4, 0.5) is 0 Å². The van der Waals surface area contributed by atoms with Gasteiger partial charge in [0.05, 0.1) is 12.2 Å². The van der Waals surface area contributed by atoms with Crippen molar-refractivity contribution in [3.63, 3.8) is 0 Å². The molecule has 26 heavy (non-hydrogen) atoms. The topological polar surface area (TPSA) is 57.5 Å². The molecule has 0 bridgehead atoms. The zero-order chi connectivity index (χ0) is 18.8. The molecule has 1 aliphatic carbocycles. The van der Waals surface area contributed by atoms with E-state index < -0.39 is 6.10 Å². The fourth-order valence-corrected chi connectivity index (χ4v) is 4.01. The minimum Gasteiger partial charge on any atom is -0.393 e. The molecule has 0 aromatic heterocycles. The van der Waals surface area contributed by atoms with Crippen molar-refractivity contribution in [3.8, 4) is 0 Å². The van der Waals surface area contributed by atoms with Crippen molar-refractivity contribution in [2.75, 3.05) is 0 Å². The standard InChI is InChI=1S/C22H31ClO3/c23-19-11-7-17(8-12-19)16-20(25)13-9-18-10-14-22(26)21(18)6-4-2-1-3-5-15-24/h7-9,11-13,15,18,20-22,25-26H,1-6,10,14,16H2/t18-,20+,21+,22-/m0/s1. The van der Waals surface area contributed by atoms with Gasteiger partial charge in [0.2, 0.25) is 0 Å². The SMILES string of the molecule is O=CCCCCCC[C@H]1[C@@H](O)CC[C@@H]1C=C[C@@H](O)Cc1ccc(Cl)cc1. The van der Waals surface area contributed by atoms with Crippen molar-refractivity contribution in [1.29, 1.82) is 0 Å². The number of aliphatic hydroxyl groups is 2. The summed E-state index contributed by atoms with van der Waals surface area (Å²) in [6.45, 7) is 0. The summed E-state index contributed by atoms with van der Waals surface area (Å²) in [5.74, 6) is 0.639. The van der Waals surface area contributed by atoms with Gasteiger partial charge < -0.3 is 15.0 Å². The summed E-state index contributed by atoms with van der Waals surface area (Å²) in [5.41, 5.74) is 1.06. The Morgan fingerprint density at radius 3 is 2.58 bits per heavy atom. The molecule has 0 aliphatic heterocycles. The Bertz CT molecular complexity index is 555. The van der Waals surface area contributed by atoms with Gasteiger partial charge in [0.15, 0.2) is 0 Å². The number of rotatable bonds is 11.